The zero-order valence-corrected chi connectivity index (χ0v) is 9.07. The van der Waals surface area contributed by atoms with E-state index in [0.717, 1.165) is 24.7 Å². The molecule has 5 heteroatoms. The first-order chi connectivity index (χ1) is 7.24. The largest absolute Gasteiger partial charge is 0.339 e. The van der Waals surface area contributed by atoms with E-state index >= 15 is 0 Å². The molecule has 5 nitrogen and oxygen atoms in total. The number of hydrogen-bond donors (Lipinski definition) is 2. The summed E-state index contributed by atoms with van der Waals surface area (Å²) in [6, 6.07) is 0.591. The minimum absolute atomic E-state index is 0.0834. The van der Waals surface area contributed by atoms with Gasteiger partial charge in [-0.1, -0.05) is 5.16 Å². The Morgan fingerprint density at radius 2 is 2.53 bits per heavy atom. The molecule has 15 heavy (non-hydrogen) atoms. The summed E-state index contributed by atoms with van der Waals surface area (Å²) in [5.41, 5.74) is 5.66. The Hall–Kier alpha value is -0.940. The molecule has 1 saturated heterocycles. The highest BCUT2D eigenvalue weighted by Crippen LogP contribution is 2.10. The zero-order valence-electron chi connectivity index (χ0n) is 9.07. The van der Waals surface area contributed by atoms with Crippen LogP contribution in [0.1, 0.15) is 31.5 Å². The molecule has 2 atom stereocenters. The Kier molecular flexibility index (Phi) is 3.33. The van der Waals surface area contributed by atoms with Crippen molar-refractivity contribution in [2.24, 2.45) is 5.73 Å². The normalized spacial score (nSPS) is 23.2. The number of aromatic nitrogens is 2. The van der Waals surface area contributed by atoms with E-state index in [2.05, 4.69) is 15.5 Å². The molecule has 0 bridgehead atoms. The number of nitrogens with two attached hydrogens (primary N) is 1. The van der Waals surface area contributed by atoms with Crippen molar-refractivity contribution >= 4 is 0 Å². The number of hydrogen-bond acceptors (Lipinski definition) is 5. The number of nitrogens with one attached hydrogen (secondary N) is 1. The molecule has 2 rings (SSSR count). The Bertz CT molecular complexity index is 304. The summed E-state index contributed by atoms with van der Waals surface area (Å²) in [4.78, 5) is 4.32. The van der Waals surface area contributed by atoms with E-state index in [1.54, 1.807) is 0 Å². The summed E-state index contributed by atoms with van der Waals surface area (Å²) in [5.74, 6) is 1.45. The van der Waals surface area contributed by atoms with Gasteiger partial charge in [0.1, 0.15) is 0 Å². The molecule has 1 aromatic heterocycles. The van der Waals surface area contributed by atoms with Gasteiger partial charge in [-0.3, -0.25) is 0 Å². The van der Waals surface area contributed by atoms with Crippen LogP contribution in [0.2, 0.25) is 0 Å². The molecule has 1 aliphatic heterocycles. The van der Waals surface area contributed by atoms with Crippen molar-refractivity contribution in [2.75, 3.05) is 6.54 Å². The molecule has 1 fully saturated rings. The summed E-state index contributed by atoms with van der Waals surface area (Å²) in [6.07, 6.45) is 3.96. The minimum atomic E-state index is 0.0834. The molecule has 1 aromatic rings. The minimum Gasteiger partial charge on any atom is -0.339 e. The van der Waals surface area contributed by atoms with E-state index in [1.807, 2.05) is 6.92 Å². The van der Waals surface area contributed by atoms with Crippen LogP contribution in [0.3, 0.4) is 0 Å². The highest BCUT2D eigenvalue weighted by molar-refractivity contribution is 4.92. The molecular formula is C10H18N4O. The van der Waals surface area contributed by atoms with Crippen LogP contribution in [0.4, 0.5) is 0 Å². The summed E-state index contributed by atoms with van der Waals surface area (Å²) in [7, 11) is 0. The van der Waals surface area contributed by atoms with Crippen LogP contribution in [-0.4, -0.2) is 28.8 Å². The van der Waals surface area contributed by atoms with Crippen molar-refractivity contribution in [2.45, 2.75) is 44.7 Å². The van der Waals surface area contributed by atoms with E-state index in [-0.39, 0.29) is 6.04 Å². The summed E-state index contributed by atoms with van der Waals surface area (Å²) >= 11 is 0. The first-order valence-electron chi connectivity index (χ1n) is 5.54. The van der Waals surface area contributed by atoms with E-state index in [4.69, 9.17) is 10.3 Å². The van der Waals surface area contributed by atoms with Gasteiger partial charge in [0.2, 0.25) is 5.89 Å². The predicted molar refractivity (Wildman–Crippen MR) is 56.4 cm³/mol. The van der Waals surface area contributed by atoms with Crippen molar-refractivity contribution in [3.05, 3.63) is 11.7 Å². The smallest absolute Gasteiger partial charge is 0.228 e. The number of nitrogens with zero attached hydrogens (tertiary/aromatic N) is 2. The van der Waals surface area contributed by atoms with Gasteiger partial charge in [0.25, 0.3) is 0 Å². The zero-order chi connectivity index (χ0) is 10.7. The third kappa shape index (κ3) is 3.00. The first kappa shape index (κ1) is 10.6. The maximum absolute atomic E-state index is 5.66. The van der Waals surface area contributed by atoms with Crippen LogP contribution < -0.4 is 11.1 Å². The highest BCUT2D eigenvalue weighted by atomic mass is 16.5. The second-order valence-electron chi connectivity index (χ2n) is 4.28. The van der Waals surface area contributed by atoms with E-state index in [9.17, 15) is 0 Å². The Morgan fingerprint density at radius 1 is 1.67 bits per heavy atom. The van der Waals surface area contributed by atoms with Crippen LogP contribution >= 0.6 is 0 Å². The molecule has 84 valence electrons. The monoisotopic (exact) mass is 210 g/mol. The third-order valence-corrected chi connectivity index (χ3v) is 2.60. The molecule has 0 saturated carbocycles. The average molecular weight is 210 g/mol. The predicted octanol–water partition coefficient (Wildman–Crippen LogP) is 0.254. The average Bonchev–Trinajstić information content (AvgIpc) is 2.77. The second-order valence-corrected chi connectivity index (χ2v) is 4.28. The van der Waals surface area contributed by atoms with Gasteiger partial charge >= 0.3 is 0 Å². The van der Waals surface area contributed by atoms with Gasteiger partial charge in [-0.15, -0.1) is 0 Å². The standard InChI is InChI=1S/C10H18N4O/c1-7(11)5-9-13-10(15-14-9)6-8-3-2-4-12-8/h7-8,12H,2-6,11H2,1H3. The fourth-order valence-electron chi connectivity index (χ4n) is 1.89. The molecule has 0 aromatic carbocycles. The Morgan fingerprint density at radius 3 is 3.20 bits per heavy atom. The van der Waals surface area contributed by atoms with E-state index in [1.165, 1.54) is 12.8 Å². The van der Waals surface area contributed by atoms with Crippen LogP contribution in [0, 0.1) is 0 Å². The summed E-state index contributed by atoms with van der Waals surface area (Å²) < 4.78 is 5.17. The molecule has 1 aliphatic rings. The summed E-state index contributed by atoms with van der Waals surface area (Å²) in [6.45, 7) is 3.04. The van der Waals surface area contributed by atoms with Crippen LogP contribution in [0.15, 0.2) is 4.52 Å². The second kappa shape index (κ2) is 4.72. The van der Waals surface area contributed by atoms with Gasteiger partial charge in [-0.05, 0) is 26.3 Å². The molecule has 0 amide bonds. The van der Waals surface area contributed by atoms with Crippen LogP contribution in [-0.2, 0) is 12.8 Å². The van der Waals surface area contributed by atoms with Gasteiger partial charge in [0, 0.05) is 24.9 Å². The van der Waals surface area contributed by atoms with Crippen molar-refractivity contribution in [1.82, 2.24) is 15.5 Å². The lowest BCUT2D eigenvalue weighted by atomic mass is 10.1. The molecule has 2 heterocycles. The molecular weight excluding hydrogens is 192 g/mol. The van der Waals surface area contributed by atoms with Gasteiger partial charge in [0.05, 0.1) is 0 Å². The van der Waals surface area contributed by atoms with Gasteiger partial charge < -0.3 is 15.6 Å². The quantitative estimate of drug-likeness (QED) is 0.745. The van der Waals surface area contributed by atoms with Crippen LogP contribution in [0.25, 0.3) is 0 Å². The Labute approximate surface area is 89.4 Å². The molecule has 0 radical (unpaired) electrons. The lowest BCUT2D eigenvalue weighted by Crippen LogP contribution is -2.23. The van der Waals surface area contributed by atoms with E-state index < -0.39 is 0 Å². The maximum Gasteiger partial charge on any atom is 0.228 e. The maximum atomic E-state index is 5.66. The molecule has 0 spiro atoms. The Balaban J connectivity index is 1.88. The van der Waals surface area contributed by atoms with Crippen molar-refractivity contribution in [1.29, 1.82) is 0 Å². The summed E-state index contributed by atoms with van der Waals surface area (Å²) in [5, 5.41) is 7.31. The number of rotatable bonds is 4. The van der Waals surface area contributed by atoms with Crippen molar-refractivity contribution in [3.63, 3.8) is 0 Å². The van der Waals surface area contributed by atoms with Gasteiger partial charge in [-0.2, -0.15) is 4.98 Å². The fourth-order valence-corrected chi connectivity index (χ4v) is 1.89. The lowest BCUT2D eigenvalue weighted by molar-refractivity contribution is 0.359. The molecule has 3 N–H and O–H groups in total. The molecule has 0 aliphatic carbocycles. The lowest BCUT2D eigenvalue weighted by Gasteiger charge is -2.04. The third-order valence-electron chi connectivity index (χ3n) is 2.60. The van der Waals surface area contributed by atoms with Gasteiger partial charge in [0.15, 0.2) is 5.82 Å². The first-order valence-corrected chi connectivity index (χ1v) is 5.54. The SMILES string of the molecule is CC(N)Cc1noc(CC2CCCN2)n1. The topological polar surface area (TPSA) is 77.0 Å². The fraction of sp³-hybridized carbons (Fsp3) is 0.800. The highest BCUT2D eigenvalue weighted by Gasteiger charge is 2.18. The van der Waals surface area contributed by atoms with Crippen LogP contribution in [0.5, 0.6) is 0 Å². The van der Waals surface area contributed by atoms with E-state index in [0.29, 0.717) is 12.5 Å². The van der Waals surface area contributed by atoms with Crippen molar-refractivity contribution < 1.29 is 4.52 Å². The van der Waals surface area contributed by atoms with Crippen molar-refractivity contribution in [3.8, 4) is 0 Å². The van der Waals surface area contributed by atoms with Gasteiger partial charge in [-0.25, -0.2) is 0 Å². The molecule has 2 unspecified atom stereocenters.